The standard InChI is InChI=1S/C17H22IN3O2/c1-4-21-11-14(17(23)19-8-5-9-20(2)3)16(22)13-7-6-12(18)10-15(13)21/h6-7,10-11H,4-5,8-9H2,1-3H3,(H,19,23). The van der Waals surface area contributed by atoms with E-state index in [4.69, 9.17) is 0 Å². The molecule has 1 amide bonds. The van der Waals surface area contributed by atoms with Crippen molar-refractivity contribution in [3.05, 3.63) is 43.8 Å². The summed E-state index contributed by atoms with van der Waals surface area (Å²) < 4.78 is 3.02. The van der Waals surface area contributed by atoms with Crippen LogP contribution in [0.15, 0.2) is 29.2 Å². The van der Waals surface area contributed by atoms with Gasteiger partial charge in [-0.25, -0.2) is 0 Å². The summed E-state index contributed by atoms with van der Waals surface area (Å²) in [4.78, 5) is 27.0. The lowest BCUT2D eigenvalue weighted by Crippen LogP contribution is -2.31. The molecule has 0 aliphatic heterocycles. The predicted molar refractivity (Wildman–Crippen MR) is 102 cm³/mol. The van der Waals surface area contributed by atoms with E-state index in [0.29, 0.717) is 18.5 Å². The van der Waals surface area contributed by atoms with Crippen LogP contribution >= 0.6 is 22.6 Å². The molecule has 0 saturated carbocycles. The number of hydrogen-bond donors (Lipinski definition) is 1. The normalized spacial score (nSPS) is 11.2. The van der Waals surface area contributed by atoms with Gasteiger partial charge >= 0.3 is 0 Å². The van der Waals surface area contributed by atoms with Crippen molar-refractivity contribution in [2.45, 2.75) is 19.9 Å². The number of amides is 1. The van der Waals surface area contributed by atoms with Crippen molar-refractivity contribution in [3.63, 3.8) is 0 Å². The van der Waals surface area contributed by atoms with E-state index >= 15 is 0 Å². The quantitative estimate of drug-likeness (QED) is 0.569. The Balaban J connectivity index is 2.30. The Labute approximate surface area is 149 Å². The third-order valence-electron chi connectivity index (χ3n) is 3.70. The minimum absolute atomic E-state index is 0.203. The zero-order valence-corrected chi connectivity index (χ0v) is 15.9. The monoisotopic (exact) mass is 427 g/mol. The second-order valence-electron chi connectivity index (χ2n) is 5.73. The predicted octanol–water partition coefficient (Wildman–Crippen LogP) is 2.31. The summed E-state index contributed by atoms with van der Waals surface area (Å²) in [6.07, 6.45) is 2.52. The van der Waals surface area contributed by atoms with Crippen LogP contribution in [0.2, 0.25) is 0 Å². The zero-order chi connectivity index (χ0) is 17.0. The van der Waals surface area contributed by atoms with Crippen LogP contribution < -0.4 is 10.7 Å². The fourth-order valence-corrected chi connectivity index (χ4v) is 2.95. The minimum atomic E-state index is -0.295. The lowest BCUT2D eigenvalue weighted by atomic mass is 10.1. The van der Waals surface area contributed by atoms with Crippen molar-refractivity contribution in [1.82, 2.24) is 14.8 Å². The van der Waals surface area contributed by atoms with Crippen molar-refractivity contribution >= 4 is 39.4 Å². The van der Waals surface area contributed by atoms with Gasteiger partial charge in [-0.3, -0.25) is 9.59 Å². The van der Waals surface area contributed by atoms with Gasteiger partial charge in [-0.2, -0.15) is 0 Å². The summed E-state index contributed by atoms with van der Waals surface area (Å²) >= 11 is 2.22. The number of fused-ring (bicyclic) bond motifs is 1. The van der Waals surface area contributed by atoms with E-state index in [9.17, 15) is 9.59 Å². The molecule has 2 aromatic rings. The van der Waals surface area contributed by atoms with E-state index in [1.807, 2.05) is 37.7 Å². The highest BCUT2D eigenvalue weighted by atomic mass is 127. The molecular weight excluding hydrogens is 405 g/mol. The summed E-state index contributed by atoms with van der Waals surface area (Å²) in [5.74, 6) is -0.295. The molecule has 0 aliphatic carbocycles. The third kappa shape index (κ3) is 4.32. The van der Waals surface area contributed by atoms with E-state index in [1.54, 1.807) is 12.3 Å². The number of nitrogens with one attached hydrogen (secondary N) is 1. The topological polar surface area (TPSA) is 54.3 Å². The second-order valence-corrected chi connectivity index (χ2v) is 6.98. The van der Waals surface area contributed by atoms with Crippen LogP contribution in [0.3, 0.4) is 0 Å². The van der Waals surface area contributed by atoms with E-state index in [2.05, 4.69) is 32.8 Å². The fraction of sp³-hybridized carbons (Fsp3) is 0.412. The lowest BCUT2D eigenvalue weighted by Gasteiger charge is -2.13. The van der Waals surface area contributed by atoms with Crippen LogP contribution in [0.5, 0.6) is 0 Å². The Morgan fingerprint density at radius 1 is 1.35 bits per heavy atom. The molecular formula is C17H22IN3O2. The maximum Gasteiger partial charge on any atom is 0.256 e. The van der Waals surface area contributed by atoms with Crippen LogP contribution in [0.4, 0.5) is 0 Å². The minimum Gasteiger partial charge on any atom is -0.352 e. The van der Waals surface area contributed by atoms with Crippen LogP contribution in [0.1, 0.15) is 23.7 Å². The first-order valence-electron chi connectivity index (χ1n) is 7.69. The Morgan fingerprint density at radius 2 is 2.09 bits per heavy atom. The summed E-state index contributed by atoms with van der Waals surface area (Å²) in [6.45, 7) is 4.17. The summed E-state index contributed by atoms with van der Waals surface area (Å²) in [6, 6.07) is 5.66. The van der Waals surface area contributed by atoms with Gasteiger partial charge in [-0.1, -0.05) is 0 Å². The molecule has 5 nitrogen and oxygen atoms in total. The van der Waals surface area contributed by atoms with E-state index in [0.717, 1.165) is 22.1 Å². The Kier molecular flexibility index (Phi) is 6.17. The van der Waals surface area contributed by atoms with Crippen LogP contribution in [-0.2, 0) is 6.54 Å². The number of carbonyl (C=O) groups is 1. The first-order chi connectivity index (χ1) is 10.9. The first kappa shape index (κ1) is 17.9. The highest BCUT2D eigenvalue weighted by Gasteiger charge is 2.15. The average Bonchev–Trinajstić information content (AvgIpc) is 2.51. The van der Waals surface area contributed by atoms with E-state index in [1.165, 1.54) is 0 Å². The number of pyridine rings is 1. The molecule has 0 fully saturated rings. The molecule has 0 unspecified atom stereocenters. The maximum absolute atomic E-state index is 12.6. The van der Waals surface area contributed by atoms with Gasteiger partial charge in [-0.05, 0) is 74.8 Å². The smallest absolute Gasteiger partial charge is 0.256 e. The number of halogens is 1. The van der Waals surface area contributed by atoms with Gasteiger partial charge in [0.15, 0.2) is 0 Å². The fourth-order valence-electron chi connectivity index (χ4n) is 2.48. The van der Waals surface area contributed by atoms with Gasteiger partial charge in [0.2, 0.25) is 5.43 Å². The van der Waals surface area contributed by atoms with Gasteiger partial charge in [-0.15, -0.1) is 0 Å². The molecule has 0 atom stereocenters. The van der Waals surface area contributed by atoms with Crippen molar-refractivity contribution in [1.29, 1.82) is 0 Å². The van der Waals surface area contributed by atoms with E-state index in [-0.39, 0.29) is 16.9 Å². The van der Waals surface area contributed by atoms with Crippen molar-refractivity contribution in [3.8, 4) is 0 Å². The van der Waals surface area contributed by atoms with Crippen LogP contribution in [0, 0.1) is 3.57 Å². The molecule has 6 heteroatoms. The van der Waals surface area contributed by atoms with Crippen molar-refractivity contribution < 1.29 is 4.79 Å². The number of hydrogen-bond acceptors (Lipinski definition) is 3. The summed E-state index contributed by atoms with van der Waals surface area (Å²) in [5.41, 5.74) is 0.880. The van der Waals surface area contributed by atoms with Gasteiger partial charge in [0, 0.05) is 28.2 Å². The number of rotatable bonds is 6. The molecule has 1 aromatic heterocycles. The maximum atomic E-state index is 12.6. The molecule has 23 heavy (non-hydrogen) atoms. The van der Waals surface area contributed by atoms with Gasteiger partial charge in [0.05, 0.1) is 5.52 Å². The summed E-state index contributed by atoms with van der Waals surface area (Å²) in [5, 5.41) is 3.43. The highest BCUT2D eigenvalue weighted by Crippen LogP contribution is 2.16. The molecule has 0 saturated heterocycles. The number of nitrogens with zero attached hydrogens (tertiary/aromatic N) is 2. The molecule has 0 bridgehead atoms. The Morgan fingerprint density at radius 3 is 2.74 bits per heavy atom. The molecule has 1 heterocycles. The second kappa shape index (κ2) is 7.92. The lowest BCUT2D eigenvalue weighted by molar-refractivity contribution is 0.0950. The zero-order valence-electron chi connectivity index (χ0n) is 13.7. The van der Waals surface area contributed by atoms with E-state index < -0.39 is 0 Å². The molecule has 1 aromatic carbocycles. The number of aromatic nitrogens is 1. The van der Waals surface area contributed by atoms with Crippen LogP contribution in [-0.4, -0.2) is 42.6 Å². The molecule has 1 N–H and O–H groups in total. The van der Waals surface area contributed by atoms with Gasteiger partial charge < -0.3 is 14.8 Å². The largest absolute Gasteiger partial charge is 0.352 e. The average molecular weight is 427 g/mol. The number of carbonyl (C=O) groups excluding carboxylic acids is 1. The van der Waals surface area contributed by atoms with Gasteiger partial charge in [0.25, 0.3) is 5.91 Å². The molecule has 124 valence electrons. The SMILES string of the molecule is CCn1cc(C(=O)NCCCN(C)C)c(=O)c2ccc(I)cc21. The molecule has 0 aliphatic rings. The number of benzene rings is 1. The molecule has 0 radical (unpaired) electrons. The Hall–Kier alpha value is -1.41. The van der Waals surface area contributed by atoms with Crippen LogP contribution in [0.25, 0.3) is 10.9 Å². The van der Waals surface area contributed by atoms with Crippen molar-refractivity contribution in [2.24, 2.45) is 0 Å². The third-order valence-corrected chi connectivity index (χ3v) is 4.37. The highest BCUT2D eigenvalue weighted by molar-refractivity contribution is 14.1. The van der Waals surface area contributed by atoms with Crippen molar-refractivity contribution in [2.75, 3.05) is 27.2 Å². The Bertz CT molecular complexity index is 768. The molecule has 0 spiro atoms. The number of aryl methyl sites for hydroxylation is 1. The molecule has 2 rings (SSSR count). The summed E-state index contributed by atoms with van der Waals surface area (Å²) in [7, 11) is 3.98. The first-order valence-corrected chi connectivity index (χ1v) is 8.77. The van der Waals surface area contributed by atoms with Gasteiger partial charge in [0.1, 0.15) is 5.56 Å².